The number of hydrogen-bond donors (Lipinski definition) is 1. The number of allylic oxidation sites excluding steroid dienone is 2. The number of benzene rings is 1. The summed E-state index contributed by atoms with van der Waals surface area (Å²) in [5, 5.41) is 12.5. The molecule has 0 saturated heterocycles. The van der Waals surface area contributed by atoms with Crippen molar-refractivity contribution in [2.24, 2.45) is 0 Å². The van der Waals surface area contributed by atoms with Crippen LogP contribution in [0.15, 0.2) is 48.4 Å². The van der Waals surface area contributed by atoms with Crippen LogP contribution in [-0.4, -0.2) is 27.8 Å². The molecule has 0 aliphatic rings. The van der Waals surface area contributed by atoms with Gasteiger partial charge in [0.05, 0.1) is 19.1 Å². The van der Waals surface area contributed by atoms with Crippen molar-refractivity contribution in [2.75, 3.05) is 7.11 Å². The molecule has 5 nitrogen and oxygen atoms in total. The number of hydrogen-bond acceptors (Lipinski definition) is 4. The molecule has 1 heterocycles. The zero-order valence-corrected chi connectivity index (χ0v) is 14.4. The van der Waals surface area contributed by atoms with Crippen LogP contribution in [0.5, 0.6) is 5.88 Å². The molecule has 0 aliphatic heterocycles. The van der Waals surface area contributed by atoms with Gasteiger partial charge in [-0.25, -0.2) is 4.68 Å². The molecule has 0 bridgehead atoms. The fourth-order valence-corrected chi connectivity index (χ4v) is 1.44. The molecule has 0 unspecified atom stereocenters. The second-order valence-electron chi connectivity index (χ2n) is 3.93. The first-order valence-electron chi connectivity index (χ1n) is 5.97. The maximum absolute atomic E-state index is 10.0. The molecule has 0 atom stereocenters. The van der Waals surface area contributed by atoms with E-state index in [9.17, 15) is 4.79 Å². The van der Waals surface area contributed by atoms with E-state index in [-0.39, 0.29) is 31.6 Å². The first kappa shape index (κ1) is 19.1. The first-order chi connectivity index (χ1) is 9.54. The van der Waals surface area contributed by atoms with E-state index in [4.69, 9.17) is 9.84 Å². The molecular formula is C15H17IrN2O3-. The number of ether oxygens (including phenoxy) is 1. The Morgan fingerprint density at radius 2 is 2.10 bits per heavy atom. The normalized spacial score (nSPS) is 9.95. The van der Waals surface area contributed by atoms with Gasteiger partial charge in [-0.2, -0.15) is 29.4 Å². The van der Waals surface area contributed by atoms with Crippen molar-refractivity contribution in [3.63, 3.8) is 0 Å². The van der Waals surface area contributed by atoms with Crippen LogP contribution >= 0.6 is 0 Å². The van der Waals surface area contributed by atoms with Crippen molar-refractivity contribution < 1.29 is 34.7 Å². The van der Waals surface area contributed by atoms with Crippen LogP contribution in [0.2, 0.25) is 0 Å². The second-order valence-corrected chi connectivity index (χ2v) is 3.93. The van der Waals surface area contributed by atoms with Gasteiger partial charge in [-0.3, -0.25) is 4.79 Å². The van der Waals surface area contributed by atoms with Gasteiger partial charge >= 0.3 is 0 Å². The van der Waals surface area contributed by atoms with E-state index in [0.29, 0.717) is 5.88 Å². The molecule has 6 heteroatoms. The summed E-state index contributed by atoms with van der Waals surface area (Å²) < 4.78 is 6.81. The molecule has 21 heavy (non-hydrogen) atoms. The number of carbonyl (C=O) groups excluding carboxylic acids is 1. The standard InChI is InChI=1S/C10H9N2O.C5H8O2.Ir/c1-13-10-7-8-11-12(10)9-5-3-2-4-6-9;1-4(6)3-5(2)7;/h2-5,7-8H,1H3;3,6H,1-2H3;/q-1;;/b;4-3-;. The predicted octanol–water partition coefficient (Wildman–Crippen LogP) is 2.72. The van der Waals surface area contributed by atoms with Crippen molar-refractivity contribution in [3.8, 4) is 11.6 Å². The minimum atomic E-state index is -0.125. The molecule has 2 aromatic rings. The van der Waals surface area contributed by atoms with Crippen molar-refractivity contribution in [3.05, 3.63) is 54.4 Å². The molecule has 2 rings (SSSR count). The number of aromatic nitrogens is 2. The Hall–Kier alpha value is -1.91. The third kappa shape index (κ3) is 6.88. The van der Waals surface area contributed by atoms with Crippen molar-refractivity contribution >= 4 is 5.78 Å². The Morgan fingerprint density at radius 1 is 1.38 bits per heavy atom. The number of nitrogens with zero attached hydrogens (tertiary/aromatic N) is 2. The summed E-state index contributed by atoms with van der Waals surface area (Å²) in [4.78, 5) is 10.0. The zero-order chi connectivity index (χ0) is 15.0. The molecule has 1 aromatic carbocycles. The van der Waals surface area contributed by atoms with Crippen LogP contribution in [0.4, 0.5) is 0 Å². The second kappa shape index (κ2) is 9.91. The number of ketones is 1. The molecular weight excluding hydrogens is 448 g/mol. The minimum Gasteiger partial charge on any atom is -0.512 e. The number of para-hydroxylation sites is 1. The number of carbonyl (C=O) groups is 1. The van der Waals surface area contributed by atoms with Gasteiger partial charge in [-0.15, -0.1) is 6.07 Å². The maximum Gasteiger partial charge on any atom is 0.214 e. The molecule has 1 aromatic heterocycles. The van der Waals surface area contributed by atoms with E-state index in [1.165, 1.54) is 19.9 Å². The Kier molecular flexibility index (Phi) is 9.01. The summed E-state index contributed by atoms with van der Waals surface area (Å²) in [7, 11) is 1.62. The summed E-state index contributed by atoms with van der Waals surface area (Å²) in [5.41, 5.74) is 0.879. The average molecular weight is 466 g/mol. The maximum atomic E-state index is 10.0. The summed E-state index contributed by atoms with van der Waals surface area (Å²) in [5.74, 6) is 0.648. The van der Waals surface area contributed by atoms with E-state index >= 15 is 0 Å². The monoisotopic (exact) mass is 466 g/mol. The number of aliphatic hydroxyl groups is 1. The molecule has 0 fully saturated rings. The average Bonchev–Trinajstić information content (AvgIpc) is 2.87. The quantitative estimate of drug-likeness (QED) is 0.430. The summed E-state index contributed by atoms with van der Waals surface area (Å²) >= 11 is 0. The van der Waals surface area contributed by atoms with Gasteiger partial charge in [-0.1, -0.05) is 0 Å². The number of rotatable bonds is 3. The van der Waals surface area contributed by atoms with Crippen LogP contribution < -0.4 is 4.74 Å². The van der Waals surface area contributed by atoms with E-state index in [1.807, 2.05) is 24.3 Å². The fourth-order valence-electron chi connectivity index (χ4n) is 1.44. The van der Waals surface area contributed by atoms with Gasteiger partial charge in [0.15, 0.2) is 5.78 Å². The Balaban J connectivity index is 0.000000436. The molecule has 0 saturated carbocycles. The van der Waals surface area contributed by atoms with Crippen molar-refractivity contribution in [2.45, 2.75) is 13.8 Å². The molecule has 1 radical (unpaired) electrons. The van der Waals surface area contributed by atoms with Gasteiger partial charge in [-0.05, 0) is 19.5 Å². The van der Waals surface area contributed by atoms with E-state index in [1.54, 1.807) is 24.1 Å². The van der Waals surface area contributed by atoms with Crippen LogP contribution in [0.25, 0.3) is 5.69 Å². The van der Waals surface area contributed by atoms with Crippen LogP contribution in [0.1, 0.15) is 13.8 Å². The van der Waals surface area contributed by atoms with Crippen LogP contribution in [-0.2, 0) is 24.9 Å². The Morgan fingerprint density at radius 3 is 2.52 bits per heavy atom. The number of aliphatic hydroxyl groups excluding tert-OH is 1. The van der Waals surface area contributed by atoms with Gasteiger partial charge in [0.25, 0.3) is 0 Å². The summed E-state index contributed by atoms with van der Waals surface area (Å²) in [6, 6.07) is 12.5. The third-order valence-corrected chi connectivity index (χ3v) is 2.15. The molecule has 0 spiro atoms. The number of methoxy groups -OCH3 is 1. The van der Waals surface area contributed by atoms with Crippen LogP contribution in [0, 0.1) is 6.07 Å². The van der Waals surface area contributed by atoms with Gasteiger partial charge in [0.2, 0.25) is 5.88 Å². The Bertz CT molecular complexity index is 576. The zero-order valence-electron chi connectivity index (χ0n) is 12.0. The van der Waals surface area contributed by atoms with Crippen molar-refractivity contribution in [1.82, 2.24) is 9.78 Å². The van der Waals surface area contributed by atoms with Crippen LogP contribution in [0.3, 0.4) is 0 Å². The smallest absolute Gasteiger partial charge is 0.214 e. The molecule has 0 amide bonds. The summed E-state index contributed by atoms with van der Waals surface area (Å²) in [6.45, 7) is 2.85. The van der Waals surface area contributed by atoms with Crippen molar-refractivity contribution in [1.29, 1.82) is 0 Å². The van der Waals surface area contributed by atoms with Gasteiger partial charge in [0, 0.05) is 32.2 Å². The summed E-state index contributed by atoms with van der Waals surface area (Å²) in [6.07, 6.45) is 2.86. The van der Waals surface area contributed by atoms with E-state index in [2.05, 4.69) is 11.2 Å². The van der Waals surface area contributed by atoms with E-state index in [0.717, 1.165) is 5.69 Å². The van der Waals surface area contributed by atoms with E-state index < -0.39 is 0 Å². The topological polar surface area (TPSA) is 64.3 Å². The van der Waals surface area contributed by atoms with Gasteiger partial charge < -0.3 is 9.84 Å². The SMILES string of the molecule is CC(=O)/C=C(/C)O.COc1ccnn1-c1[c-]cccc1.[Ir]. The van der Waals surface area contributed by atoms with Gasteiger partial charge in [0.1, 0.15) is 0 Å². The first-order valence-corrected chi connectivity index (χ1v) is 5.97. The molecule has 1 N–H and O–H groups in total. The fraction of sp³-hybridized carbons (Fsp3) is 0.200. The predicted molar refractivity (Wildman–Crippen MR) is 76.0 cm³/mol. The molecule has 0 aliphatic carbocycles. The molecule has 115 valence electrons. The largest absolute Gasteiger partial charge is 0.512 e. The third-order valence-electron chi connectivity index (χ3n) is 2.15. The minimum absolute atomic E-state index is 0. The Labute approximate surface area is 137 Å².